The van der Waals surface area contributed by atoms with Gasteiger partial charge in [0, 0.05) is 5.56 Å². The van der Waals surface area contributed by atoms with E-state index in [4.69, 9.17) is 0 Å². The van der Waals surface area contributed by atoms with Crippen molar-refractivity contribution < 1.29 is 9.18 Å². The molecule has 0 aliphatic heterocycles. The molecule has 1 aromatic rings. The summed E-state index contributed by atoms with van der Waals surface area (Å²) >= 11 is 3.96. The zero-order valence-corrected chi connectivity index (χ0v) is 6.94. The molecule has 60 valence electrons. The Bertz CT molecular complexity index is 396. The fourth-order valence-electron chi connectivity index (χ4n) is 1.20. The van der Waals surface area contributed by atoms with Crippen LogP contribution in [0.15, 0.2) is 23.1 Å². The number of carbonyl (C=O) groups is 1. The van der Waals surface area contributed by atoms with Crippen LogP contribution in [0.1, 0.15) is 15.9 Å². The highest BCUT2D eigenvalue weighted by Gasteiger charge is 2.19. The predicted molar refractivity (Wildman–Crippen MR) is 47.7 cm³/mol. The van der Waals surface area contributed by atoms with Gasteiger partial charge in [0.15, 0.2) is 5.78 Å². The molecule has 12 heavy (non-hydrogen) atoms. The Morgan fingerprint density at radius 2 is 2.08 bits per heavy atom. The molecule has 0 spiro atoms. The van der Waals surface area contributed by atoms with E-state index in [1.54, 1.807) is 12.1 Å². The number of thiol groups is 1. The van der Waals surface area contributed by atoms with E-state index in [0.29, 0.717) is 10.5 Å². The SMILES string of the molecule is O=C1C(S)=Cc2ccc(F)cc21. The Morgan fingerprint density at radius 3 is 2.83 bits per heavy atom. The van der Waals surface area contributed by atoms with Gasteiger partial charge in [0.1, 0.15) is 5.82 Å². The van der Waals surface area contributed by atoms with E-state index in [1.165, 1.54) is 12.1 Å². The molecule has 0 heterocycles. The molecule has 1 nitrogen and oxygen atoms in total. The van der Waals surface area contributed by atoms with Crippen molar-refractivity contribution in [1.29, 1.82) is 0 Å². The highest BCUT2D eigenvalue weighted by atomic mass is 32.1. The maximum Gasteiger partial charge on any atom is 0.199 e. The molecule has 0 atom stereocenters. The summed E-state index contributed by atoms with van der Waals surface area (Å²) in [6.45, 7) is 0. The van der Waals surface area contributed by atoms with Crippen LogP contribution < -0.4 is 0 Å². The van der Waals surface area contributed by atoms with Crippen LogP contribution in [0.4, 0.5) is 4.39 Å². The van der Waals surface area contributed by atoms with Crippen molar-refractivity contribution in [3.63, 3.8) is 0 Å². The first-order valence-electron chi connectivity index (χ1n) is 3.43. The van der Waals surface area contributed by atoms with Gasteiger partial charge in [0.2, 0.25) is 0 Å². The molecule has 0 aromatic heterocycles. The number of benzene rings is 1. The van der Waals surface area contributed by atoms with Crippen molar-refractivity contribution in [2.45, 2.75) is 0 Å². The van der Waals surface area contributed by atoms with Crippen molar-refractivity contribution in [2.24, 2.45) is 0 Å². The van der Waals surface area contributed by atoms with Gasteiger partial charge in [0.05, 0.1) is 4.91 Å². The first-order chi connectivity index (χ1) is 5.68. The third-order valence-electron chi connectivity index (χ3n) is 1.78. The van der Waals surface area contributed by atoms with Crippen LogP contribution in [-0.2, 0) is 0 Å². The van der Waals surface area contributed by atoms with Gasteiger partial charge in [0.25, 0.3) is 0 Å². The number of hydrogen-bond donors (Lipinski definition) is 1. The lowest BCUT2D eigenvalue weighted by Gasteiger charge is -1.95. The normalized spacial score (nSPS) is 14.5. The van der Waals surface area contributed by atoms with Gasteiger partial charge in [-0.3, -0.25) is 4.79 Å². The highest BCUT2D eigenvalue weighted by Crippen LogP contribution is 2.27. The lowest BCUT2D eigenvalue weighted by molar-refractivity contribution is 0.104. The fraction of sp³-hybridized carbons (Fsp3) is 0. The van der Waals surface area contributed by atoms with E-state index >= 15 is 0 Å². The molecule has 1 aliphatic rings. The standard InChI is InChI=1S/C9H5FOS/c10-6-2-1-5-3-8(12)9(11)7(5)4-6/h1-4H,(H,11,12). The molecule has 0 fully saturated rings. The van der Waals surface area contributed by atoms with E-state index in [0.717, 1.165) is 5.56 Å². The van der Waals surface area contributed by atoms with Crippen LogP contribution in [0.3, 0.4) is 0 Å². The molecule has 0 radical (unpaired) electrons. The van der Waals surface area contributed by atoms with Gasteiger partial charge >= 0.3 is 0 Å². The van der Waals surface area contributed by atoms with Crippen molar-refractivity contribution in [1.82, 2.24) is 0 Å². The zero-order chi connectivity index (χ0) is 8.72. The summed E-state index contributed by atoms with van der Waals surface area (Å²) in [6, 6.07) is 4.14. The molecule has 2 rings (SSSR count). The van der Waals surface area contributed by atoms with Gasteiger partial charge in [-0.15, -0.1) is 12.6 Å². The quantitative estimate of drug-likeness (QED) is 0.606. The van der Waals surface area contributed by atoms with Gasteiger partial charge in [-0.1, -0.05) is 6.07 Å². The molecule has 0 unspecified atom stereocenters. The molecular formula is C9H5FOS. The van der Waals surface area contributed by atoms with E-state index < -0.39 is 5.82 Å². The minimum absolute atomic E-state index is 0.201. The number of fused-ring (bicyclic) bond motifs is 1. The second kappa shape index (κ2) is 2.45. The third-order valence-corrected chi connectivity index (χ3v) is 2.12. The monoisotopic (exact) mass is 180 g/mol. The Hall–Kier alpha value is -1.09. The molecule has 0 N–H and O–H groups in total. The molecule has 1 aliphatic carbocycles. The second-order valence-electron chi connectivity index (χ2n) is 2.59. The number of ketones is 1. The number of allylic oxidation sites excluding steroid dienone is 1. The summed E-state index contributed by atoms with van der Waals surface area (Å²) in [5, 5.41) is 0. The summed E-state index contributed by atoms with van der Waals surface area (Å²) in [6.07, 6.45) is 1.64. The highest BCUT2D eigenvalue weighted by molar-refractivity contribution is 7.86. The average molecular weight is 180 g/mol. The fourth-order valence-corrected chi connectivity index (χ4v) is 1.46. The van der Waals surface area contributed by atoms with E-state index in [-0.39, 0.29) is 5.78 Å². The first-order valence-corrected chi connectivity index (χ1v) is 3.88. The van der Waals surface area contributed by atoms with Gasteiger partial charge < -0.3 is 0 Å². The Morgan fingerprint density at radius 1 is 1.33 bits per heavy atom. The maximum absolute atomic E-state index is 12.7. The van der Waals surface area contributed by atoms with Crippen LogP contribution in [0.2, 0.25) is 0 Å². The summed E-state index contributed by atoms with van der Waals surface area (Å²) < 4.78 is 12.7. The molecule has 0 saturated carbocycles. The smallest absolute Gasteiger partial charge is 0.199 e. The van der Waals surface area contributed by atoms with Crippen molar-refractivity contribution in [3.05, 3.63) is 40.0 Å². The van der Waals surface area contributed by atoms with Gasteiger partial charge in [-0.2, -0.15) is 0 Å². The third kappa shape index (κ3) is 0.975. The Labute approximate surface area is 74.3 Å². The van der Waals surface area contributed by atoms with Crippen LogP contribution in [-0.4, -0.2) is 5.78 Å². The molecule has 0 amide bonds. The van der Waals surface area contributed by atoms with Crippen molar-refractivity contribution >= 4 is 24.5 Å². The Kier molecular flexibility index (Phi) is 1.54. The molecule has 0 bridgehead atoms. The summed E-state index contributed by atoms with van der Waals surface area (Å²) in [5.41, 5.74) is 1.14. The maximum atomic E-state index is 12.7. The Balaban J connectivity index is 2.65. The van der Waals surface area contributed by atoms with E-state index in [2.05, 4.69) is 12.6 Å². The number of carbonyl (C=O) groups excluding carboxylic acids is 1. The second-order valence-corrected chi connectivity index (χ2v) is 3.07. The molecular weight excluding hydrogens is 175 g/mol. The molecule has 3 heteroatoms. The predicted octanol–water partition coefficient (Wildman–Crippen LogP) is 2.29. The van der Waals surface area contributed by atoms with Crippen LogP contribution >= 0.6 is 12.6 Å². The number of Topliss-reactive ketones (excluding diaryl/α,β-unsaturated/α-hetero) is 1. The zero-order valence-electron chi connectivity index (χ0n) is 6.04. The topological polar surface area (TPSA) is 17.1 Å². The largest absolute Gasteiger partial charge is 0.288 e. The van der Waals surface area contributed by atoms with Crippen LogP contribution in [0, 0.1) is 5.82 Å². The number of halogens is 1. The minimum atomic E-state index is -0.390. The van der Waals surface area contributed by atoms with Crippen molar-refractivity contribution in [2.75, 3.05) is 0 Å². The average Bonchev–Trinajstić information content (AvgIpc) is 2.31. The number of hydrogen-bond acceptors (Lipinski definition) is 2. The summed E-state index contributed by atoms with van der Waals surface area (Å²) in [5.74, 6) is -0.591. The van der Waals surface area contributed by atoms with Gasteiger partial charge in [-0.05, 0) is 23.8 Å². The molecule has 0 saturated heterocycles. The first kappa shape index (κ1) is 7.55. The van der Waals surface area contributed by atoms with Crippen LogP contribution in [0.5, 0.6) is 0 Å². The lowest BCUT2D eigenvalue weighted by Crippen LogP contribution is -1.94. The lowest BCUT2D eigenvalue weighted by atomic mass is 10.1. The number of rotatable bonds is 0. The van der Waals surface area contributed by atoms with Crippen LogP contribution in [0.25, 0.3) is 6.08 Å². The van der Waals surface area contributed by atoms with E-state index in [1.807, 2.05) is 0 Å². The summed E-state index contributed by atoms with van der Waals surface area (Å²) in [4.78, 5) is 11.6. The minimum Gasteiger partial charge on any atom is -0.288 e. The molecule has 1 aromatic carbocycles. The van der Waals surface area contributed by atoms with Crippen molar-refractivity contribution in [3.8, 4) is 0 Å². The van der Waals surface area contributed by atoms with E-state index in [9.17, 15) is 9.18 Å². The van der Waals surface area contributed by atoms with Gasteiger partial charge in [-0.25, -0.2) is 4.39 Å². The summed E-state index contributed by atoms with van der Waals surface area (Å²) in [7, 11) is 0.